The third-order valence-electron chi connectivity index (χ3n) is 3.95. The second-order valence-electron chi connectivity index (χ2n) is 5.49. The predicted octanol–water partition coefficient (Wildman–Crippen LogP) is 2.33. The van der Waals surface area contributed by atoms with Gasteiger partial charge in [0.05, 0.1) is 11.1 Å². The van der Waals surface area contributed by atoms with E-state index in [-0.39, 0.29) is 35.5 Å². The van der Waals surface area contributed by atoms with E-state index < -0.39 is 11.2 Å². The number of rotatable bonds is 2. The number of nitrogens with two attached hydrogens (primary N) is 1. The second-order valence-corrected chi connectivity index (χ2v) is 5.49. The van der Waals surface area contributed by atoms with Crippen LogP contribution < -0.4 is 10.6 Å². The molecule has 1 aromatic rings. The number of hydrogen-bond acceptors (Lipinski definition) is 3. The van der Waals surface area contributed by atoms with E-state index in [9.17, 15) is 14.0 Å². The number of imide groups is 1. The minimum absolute atomic E-state index is 0.00536. The normalized spacial score (nSPS) is 23.5. The topological polar surface area (TPSA) is 63.4 Å². The lowest BCUT2D eigenvalue weighted by atomic mass is 9.78. The molecule has 1 aliphatic heterocycles. The molecule has 1 heterocycles. The Kier molecular flexibility index (Phi) is 3.08. The Hall–Kier alpha value is -1.91. The predicted molar refractivity (Wildman–Crippen MR) is 70.9 cm³/mol. The first-order chi connectivity index (χ1) is 8.77. The van der Waals surface area contributed by atoms with Gasteiger partial charge in [-0.1, -0.05) is 13.8 Å². The van der Waals surface area contributed by atoms with Gasteiger partial charge in [0.2, 0.25) is 11.8 Å². The van der Waals surface area contributed by atoms with Gasteiger partial charge in [-0.3, -0.25) is 9.59 Å². The molecule has 0 aromatic heterocycles. The van der Waals surface area contributed by atoms with Crippen LogP contribution in [0.2, 0.25) is 0 Å². The highest BCUT2D eigenvalue weighted by molar-refractivity contribution is 6.22. The van der Waals surface area contributed by atoms with E-state index in [0.717, 1.165) is 11.0 Å². The molecule has 4 nitrogen and oxygen atoms in total. The maximum absolute atomic E-state index is 13.9. The zero-order chi connectivity index (χ0) is 14.4. The molecule has 0 radical (unpaired) electrons. The summed E-state index contributed by atoms with van der Waals surface area (Å²) in [5.74, 6) is -1.37. The molecule has 0 bridgehead atoms. The number of carbonyl (C=O) groups is 2. The monoisotopic (exact) mass is 264 g/mol. The number of anilines is 2. The third kappa shape index (κ3) is 1.99. The second kappa shape index (κ2) is 4.33. The lowest BCUT2D eigenvalue weighted by Gasteiger charge is -2.26. The molecule has 2 rings (SSSR count). The van der Waals surface area contributed by atoms with E-state index in [1.165, 1.54) is 12.1 Å². The largest absolute Gasteiger partial charge is 0.399 e. The van der Waals surface area contributed by atoms with Gasteiger partial charge in [0.25, 0.3) is 0 Å². The number of halogens is 1. The van der Waals surface area contributed by atoms with Crippen LogP contribution in [0.3, 0.4) is 0 Å². The van der Waals surface area contributed by atoms with Crippen LogP contribution in [-0.4, -0.2) is 11.8 Å². The fourth-order valence-corrected chi connectivity index (χ4v) is 2.24. The van der Waals surface area contributed by atoms with Gasteiger partial charge < -0.3 is 5.73 Å². The van der Waals surface area contributed by atoms with Crippen molar-refractivity contribution in [1.82, 2.24) is 0 Å². The third-order valence-corrected chi connectivity index (χ3v) is 3.95. The van der Waals surface area contributed by atoms with Crippen molar-refractivity contribution in [3.8, 4) is 0 Å². The molecule has 2 amide bonds. The van der Waals surface area contributed by atoms with E-state index in [1.807, 2.05) is 13.8 Å². The Morgan fingerprint density at radius 3 is 2.47 bits per heavy atom. The number of carbonyl (C=O) groups excluding carboxylic acids is 2. The van der Waals surface area contributed by atoms with Gasteiger partial charge >= 0.3 is 0 Å². The van der Waals surface area contributed by atoms with Crippen molar-refractivity contribution in [1.29, 1.82) is 0 Å². The van der Waals surface area contributed by atoms with Crippen LogP contribution in [0, 0.1) is 17.2 Å². The van der Waals surface area contributed by atoms with E-state index in [4.69, 9.17) is 5.73 Å². The molecule has 1 fully saturated rings. The molecule has 0 spiro atoms. The lowest BCUT2D eigenvalue weighted by Crippen LogP contribution is -2.37. The minimum Gasteiger partial charge on any atom is -0.399 e. The number of nitrogens with zero attached hydrogens (tertiary/aromatic N) is 1. The quantitative estimate of drug-likeness (QED) is 0.658. The van der Waals surface area contributed by atoms with Gasteiger partial charge in [-0.15, -0.1) is 0 Å². The van der Waals surface area contributed by atoms with Crippen LogP contribution >= 0.6 is 0 Å². The van der Waals surface area contributed by atoms with Crippen molar-refractivity contribution in [3.63, 3.8) is 0 Å². The van der Waals surface area contributed by atoms with Crippen molar-refractivity contribution < 1.29 is 14.0 Å². The van der Waals surface area contributed by atoms with Gasteiger partial charge in [-0.2, -0.15) is 0 Å². The Morgan fingerprint density at radius 2 is 2.00 bits per heavy atom. The molecular formula is C14H17FN2O2. The van der Waals surface area contributed by atoms with Gasteiger partial charge in [-0.25, -0.2) is 9.29 Å². The minimum atomic E-state index is -0.773. The van der Waals surface area contributed by atoms with Gasteiger partial charge in [0.15, 0.2) is 0 Å². The Morgan fingerprint density at radius 1 is 1.37 bits per heavy atom. The number of amides is 2. The molecule has 1 unspecified atom stereocenters. The average molecular weight is 264 g/mol. The fourth-order valence-electron chi connectivity index (χ4n) is 2.24. The zero-order valence-corrected chi connectivity index (χ0v) is 11.2. The maximum Gasteiger partial charge on any atom is 0.240 e. The van der Waals surface area contributed by atoms with Crippen LogP contribution in [0.25, 0.3) is 0 Å². The summed E-state index contributed by atoms with van der Waals surface area (Å²) < 4.78 is 13.9. The standard InChI is InChI=1S/C14H17FN2O2/c1-8(2)14(3)7-12(18)17(13(14)19)11-5-4-9(16)6-10(11)15/h4-6,8H,7,16H2,1-3H3. The molecule has 1 saturated heterocycles. The summed E-state index contributed by atoms with van der Waals surface area (Å²) in [6.45, 7) is 5.51. The summed E-state index contributed by atoms with van der Waals surface area (Å²) >= 11 is 0. The van der Waals surface area contributed by atoms with Crippen LogP contribution in [0.15, 0.2) is 18.2 Å². The van der Waals surface area contributed by atoms with Gasteiger partial charge in [0.1, 0.15) is 5.82 Å². The van der Waals surface area contributed by atoms with Crippen molar-refractivity contribution in [3.05, 3.63) is 24.0 Å². The molecule has 19 heavy (non-hydrogen) atoms. The first-order valence-corrected chi connectivity index (χ1v) is 6.20. The van der Waals surface area contributed by atoms with E-state index in [0.29, 0.717) is 0 Å². The lowest BCUT2D eigenvalue weighted by molar-refractivity contribution is -0.126. The van der Waals surface area contributed by atoms with Gasteiger partial charge in [0, 0.05) is 12.1 Å². The average Bonchev–Trinajstić information content (AvgIpc) is 2.53. The Balaban J connectivity index is 2.46. The zero-order valence-electron chi connectivity index (χ0n) is 11.2. The highest BCUT2D eigenvalue weighted by Crippen LogP contribution is 2.41. The molecule has 1 atom stereocenters. The van der Waals surface area contributed by atoms with E-state index in [1.54, 1.807) is 6.92 Å². The molecule has 0 saturated carbocycles. The number of benzene rings is 1. The molecule has 0 aliphatic carbocycles. The Bertz CT molecular complexity index is 556. The maximum atomic E-state index is 13.9. The highest BCUT2D eigenvalue weighted by Gasteiger charge is 2.51. The van der Waals surface area contributed by atoms with E-state index >= 15 is 0 Å². The van der Waals surface area contributed by atoms with Crippen LogP contribution in [-0.2, 0) is 9.59 Å². The van der Waals surface area contributed by atoms with Crippen LogP contribution in [0.5, 0.6) is 0 Å². The molecular weight excluding hydrogens is 247 g/mol. The molecule has 1 aromatic carbocycles. The first-order valence-electron chi connectivity index (χ1n) is 6.20. The summed E-state index contributed by atoms with van der Waals surface area (Å²) in [4.78, 5) is 25.4. The highest BCUT2D eigenvalue weighted by atomic mass is 19.1. The summed E-state index contributed by atoms with van der Waals surface area (Å²) in [6.07, 6.45) is 0.104. The summed E-state index contributed by atoms with van der Waals surface area (Å²) in [6, 6.07) is 3.96. The molecule has 102 valence electrons. The molecule has 1 aliphatic rings. The molecule has 2 N–H and O–H groups in total. The molecule has 5 heteroatoms. The van der Waals surface area contributed by atoms with Crippen molar-refractivity contribution in [2.45, 2.75) is 27.2 Å². The number of nitrogen functional groups attached to an aromatic ring is 1. The Labute approximate surface area is 111 Å². The van der Waals surface area contributed by atoms with Crippen molar-refractivity contribution in [2.24, 2.45) is 11.3 Å². The van der Waals surface area contributed by atoms with Crippen LogP contribution in [0.1, 0.15) is 27.2 Å². The SMILES string of the molecule is CC(C)C1(C)CC(=O)N(c2ccc(N)cc2F)C1=O. The summed E-state index contributed by atoms with van der Waals surface area (Å²) in [7, 11) is 0. The van der Waals surface area contributed by atoms with Crippen molar-refractivity contribution in [2.75, 3.05) is 10.6 Å². The fraction of sp³-hybridized carbons (Fsp3) is 0.429. The van der Waals surface area contributed by atoms with Crippen LogP contribution in [0.4, 0.5) is 15.8 Å². The smallest absolute Gasteiger partial charge is 0.240 e. The summed E-state index contributed by atoms with van der Waals surface area (Å²) in [5.41, 5.74) is 4.93. The summed E-state index contributed by atoms with van der Waals surface area (Å²) in [5, 5.41) is 0. The van der Waals surface area contributed by atoms with E-state index in [2.05, 4.69) is 0 Å². The first kappa shape index (κ1) is 13.5. The number of hydrogen-bond donors (Lipinski definition) is 1. The van der Waals surface area contributed by atoms with Gasteiger partial charge in [-0.05, 0) is 31.0 Å². The van der Waals surface area contributed by atoms with Crippen molar-refractivity contribution >= 4 is 23.2 Å².